The summed E-state index contributed by atoms with van der Waals surface area (Å²) < 4.78 is 15.4. The highest BCUT2D eigenvalue weighted by molar-refractivity contribution is 7.25. The summed E-state index contributed by atoms with van der Waals surface area (Å²) in [6, 6.07) is 44.0. The first kappa shape index (κ1) is 28.3. The Bertz CT molecular complexity index is 3040. The van der Waals surface area contributed by atoms with Crippen molar-refractivity contribution in [1.82, 2.24) is 20.3 Å². The van der Waals surface area contributed by atoms with Gasteiger partial charge in [0, 0.05) is 58.6 Å². The van der Waals surface area contributed by atoms with E-state index < -0.39 is 0 Å². The largest absolute Gasteiger partial charge is 0.458 e. The highest BCUT2D eigenvalue weighted by Crippen LogP contribution is 2.42. The summed E-state index contributed by atoms with van der Waals surface area (Å²) in [7, 11) is 0. The first-order chi connectivity index (χ1) is 25.2. The fourth-order valence-corrected chi connectivity index (χ4v) is 8.50. The maximum atomic E-state index is 6.56. The van der Waals surface area contributed by atoms with E-state index in [1.165, 1.54) is 20.2 Å². The van der Waals surface area contributed by atoms with Crippen LogP contribution in [0.3, 0.4) is 0 Å². The summed E-state index contributed by atoms with van der Waals surface area (Å²) in [5.74, 6) is 2.63. The Labute approximate surface area is 295 Å². The Balaban J connectivity index is 1.15. The molecule has 0 saturated carbocycles. The second-order valence-corrected chi connectivity index (χ2v) is 13.9. The van der Waals surface area contributed by atoms with E-state index in [9.17, 15) is 0 Å². The highest BCUT2D eigenvalue weighted by Gasteiger charge is 2.23. The Morgan fingerprint density at radius 3 is 2.14 bits per heavy atom. The smallest absolute Gasteiger partial charge is 0.164 e. The van der Waals surface area contributed by atoms with Crippen LogP contribution in [0, 0.1) is 0 Å². The standard InChI is InChI=1S/C44H26N4O2S/c1-2-8-25(9-3-1)42-46-43(27-15-16-30-29-10-4-6-12-35(29)49-36(30)21-27)48-44(47-42)34-20-28(22-37-41(34)33-18-19-45-24-38(33)50-37)26-14-17-32-31-11-5-7-13-39(31)51-40(32)23-26/h1-23,45H,24H2. The van der Waals surface area contributed by atoms with E-state index in [2.05, 4.69) is 84.2 Å². The molecule has 1 N–H and O–H groups in total. The molecule has 0 radical (unpaired) electrons. The number of benzene rings is 6. The Morgan fingerprint density at radius 2 is 1.22 bits per heavy atom. The SMILES string of the molecule is C1=Cc2c(oc3cc(-c4ccc5c(c4)sc4ccccc45)cc(-c4nc(-c5ccccc5)nc(-c5ccc6c(c5)oc5ccccc56)n4)c23)CN1. The van der Waals surface area contributed by atoms with E-state index in [4.69, 9.17) is 23.8 Å². The summed E-state index contributed by atoms with van der Waals surface area (Å²) in [6.45, 7) is 0.609. The minimum Gasteiger partial charge on any atom is -0.458 e. The van der Waals surface area contributed by atoms with Gasteiger partial charge in [0.25, 0.3) is 0 Å². The van der Waals surface area contributed by atoms with Gasteiger partial charge in [-0.05, 0) is 65.9 Å². The van der Waals surface area contributed by atoms with Gasteiger partial charge >= 0.3 is 0 Å². The molecule has 5 heterocycles. The van der Waals surface area contributed by atoms with E-state index >= 15 is 0 Å². The number of aromatic nitrogens is 3. The Morgan fingerprint density at radius 1 is 0.510 bits per heavy atom. The van der Waals surface area contributed by atoms with Crippen molar-refractivity contribution >= 4 is 70.5 Å². The third-order valence-corrected chi connectivity index (χ3v) is 10.9. The van der Waals surface area contributed by atoms with Crippen LogP contribution in [0.25, 0.3) is 104 Å². The van der Waals surface area contributed by atoms with E-state index in [-0.39, 0.29) is 0 Å². The van der Waals surface area contributed by atoms with Gasteiger partial charge in [0.15, 0.2) is 17.5 Å². The van der Waals surface area contributed by atoms with Crippen LogP contribution in [0.2, 0.25) is 0 Å². The van der Waals surface area contributed by atoms with Crippen molar-refractivity contribution in [2.24, 2.45) is 0 Å². The van der Waals surface area contributed by atoms with E-state index in [1.54, 1.807) is 0 Å². The number of furan rings is 2. The first-order valence-corrected chi connectivity index (χ1v) is 17.7. The molecule has 1 aliphatic rings. The van der Waals surface area contributed by atoms with Crippen LogP contribution < -0.4 is 5.32 Å². The molecule has 10 aromatic rings. The lowest BCUT2D eigenvalue weighted by Crippen LogP contribution is -2.08. The third kappa shape index (κ3) is 4.52. The third-order valence-electron chi connectivity index (χ3n) is 9.79. The molecule has 0 unspecified atom stereocenters. The van der Waals surface area contributed by atoms with E-state index in [0.29, 0.717) is 24.0 Å². The van der Waals surface area contributed by atoms with Crippen molar-refractivity contribution in [3.63, 3.8) is 0 Å². The molecule has 6 aromatic carbocycles. The second-order valence-electron chi connectivity index (χ2n) is 12.8. The molecule has 4 aromatic heterocycles. The van der Waals surface area contributed by atoms with Crippen LogP contribution in [0.5, 0.6) is 0 Å². The van der Waals surface area contributed by atoms with Crippen LogP contribution in [-0.4, -0.2) is 15.0 Å². The van der Waals surface area contributed by atoms with Gasteiger partial charge in [0.2, 0.25) is 0 Å². The minimum absolute atomic E-state index is 0.570. The monoisotopic (exact) mass is 674 g/mol. The van der Waals surface area contributed by atoms with Crippen LogP contribution in [-0.2, 0) is 6.54 Å². The summed E-state index contributed by atoms with van der Waals surface area (Å²) in [4.78, 5) is 15.4. The zero-order valence-electron chi connectivity index (χ0n) is 27.1. The summed E-state index contributed by atoms with van der Waals surface area (Å²) in [6.07, 6.45) is 4.05. The molecule has 0 aliphatic carbocycles. The maximum absolute atomic E-state index is 6.56. The lowest BCUT2D eigenvalue weighted by Gasteiger charge is -2.12. The number of para-hydroxylation sites is 1. The number of thiophene rings is 1. The number of hydrogen-bond donors (Lipinski definition) is 1. The Kier molecular flexibility index (Phi) is 6.08. The number of fused-ring (bicyclic) bond motifs is 9. The molecular formula is C44H26N4O2S. The number of nitrogens with zero attached hydrogens (tertiary/aromatic N) is 3. The second kappa shape index (κ2) is 11.0. The molecule has 11 rings (SSSR count). The van der Waals surface area contributed by atoms with E-state index in [0.717, 1.165) is 72.0 Å². The van der Waals surface area contributed by atoms with E-state index in [1.807, 2.05) is 72.1 Å². The fraction of sp³-hybridized carbons (Fsp3) is 0.0227. The van der Waals surface area contributed by atoms with Crippen LogP contribution in [0.15, 0.2) is 142 Å². The highest BCUT2D eigenvalue weighted by atomic mass is 32.1. The van der Waals surface area contributed by atoms with Crippen LogP contribution in [0.1, 0.15) is 11.3 Å². The molecule has 0 spiro atoms. The Hall–Kier alpha value is -6.57. The molecule has 0 atom stereocenters. The summed E-state index contributed by atoms with van der Waals surface area (Å²) in [5, 5.41) is 8.98. The van der Waals surface area contributed by atoms with Gasteiger partial charge in [-0.15, -0.1) is 11.3 Å². The van der Waals surface area contributed by atoms with Crippen molar-refractivity contribution in [2.75, 3.05) is 0 Å². The predicted octanol–water partition coefficient (Wildman–Crippen LogP) is 11.6. The predicted molar refractivity (Wildman–Crippen MR) is 207 cm³/mol. The molecule has 0 saturated heterocycles. The normalized spacial score (nSPS) is 12.7. The maximum Gasteiger partial charge on any atom is 0.164 e. The first-order valence-electron chi connectivity index (χ1n) is 16.9. The molecule has 7 heteroatoms. The molecular weight excluding hydrogens is 649 g/mol. The average Bonchev–Trinajstić information content (AvgIpc) is 3.88. The van der Waals surface area contributed by atoms with Crippen LogP contribution in [0.4, 0.5) is 0 Å². The lowest BCUT2D eigenvalue weighted by atomic mass is 9.96. The molecule has 51 heavy (non-hydrogen) atoms. The van der Waals surface area contributed by atoms with Gasteiger partial charge < -0.3 is 14.2 Å². The molecule has 1 aliphatic heterocycles. The lowest BCUT2D eigenvalue weighted by molar-refractivity contribution is 0.532. The van der Waals surface area contributed by atoms with Crippen LogP contribution >= 0.6 is 11.3 Å². The number of hydrogen-bond acceptors (Lipinski definition) is 7. The van der Waals surface area contributed by atoms with Crippen molar-refractivity contribution in [3.8, 4) is 45.3 Å². The zero-order chi connectivity index (χ0) is 33.5. The summed E-state index contributed by atoms with van der Waals surface area (Å²) in [5.41, 5.74) is 8.27. The van der Waals surface area contributed by atoms with Crippen molar-refractivity contribution in [1.29, 1.82) is 0 Å². The van der Waals surface area contributed by atoms with Gasteiger partial charge in [0.05, 0.1) is 6.54 Å². The topological polar surface area (TPSA) is 77.0 Å². The van der Waals surface area contributed by atoms with Gasteiger partial charge in [-0.3, -0.25) is 0 Å². The van der Waals surface area contributed by atoms with Gasteiger partial charge in [0.1, 0.15) is 22.5 Å². The molecule has 0 bridgehead atoms. The minimum atomic E-state index is 0.570. The molecule has 0 fully saturated rings. The average molecular weight is 675 g/mol. The molecule has 240 valence electrons. The number of rotatable bonds is 4. The van der Waals surface area contributed by atoms with Gasteiger partial charge in [-0.2, -0.15) is 0 Å². The van der Waals surface area contributed by atoms with Crippen molar-refractivity contribution in [3.05, 3.63) is 145 Å². The van der Waals surface area contributed by atoms with Gasteiger partial charge in [-0.25, -0.2) is 15.0 Å². The molecule has 0 amide bonds. The summed E-state index contributed by atoms with van der Waals surface area (Å²) >= 11 is 1.82. The number of nitrogens with one attached hydrogen (secondary N) is 1. The zero-order valence-corrected chi connectivity index (χ0v) is 27.9. The van der Waals surface area contributed by atoms with Crippen molar-refractivity contribution < 1.29 is 8.83 Å². The van der Waals surface area contributed by atoms with Gasteiger partial charge in [-0.1, -0.05) is 84.9 Å². The fourth-order valence-electron chi connectivity index (χ4n) is 7.36. The quantitative estimate of drug-likeness (QED) is 0.200. The van der Waals surface area contributed by atoms with Crippen molar-refractivity contribution in [2.45, 2.75) is 6.54 Å². The molecule has 6 nitrogen and oxygen atoms in total.